The standard InChI is InChI=1S/C20H21ClN6O3/c1-22-19-17(27(3)11-23-19)20(28)26(2)10-16-24-18(25-30-16)12-8-15(9-12)29-14-6-4-13(21)5-7-14/h4-7,11-12,15H,1,8-10H2,2-3H3/t12-,15-. The van der Waals surface area contributed by atoms with E-state index in [-0.39, 0.29) is 24.5 Å². The maximum Gasteiger partial charge on any atom is 0.274 e. The molecule has 1 aliphatic rings. The van der Waals surface area contributed by atoms with Crippen LogP contribution in [0.4, 0.5) is 5.82 Å². The van der Waals surface area contributed by atoms with Crippen molar-refractivity contribution in [2.75, 3.05) is 7.05 Å². The first kappa shape index (κ1) is 20.1. The molecule has 10 heteroatoms. The van der Waals surface area contributed by atoms with Crippen LogP contribution >= 0.6 is 11.6 Å². The molecule has 1 amide bonds. The molecular weight excluding hydrogens is 408 g/mol. The number of hydrogen-bond donors (Lipinski definition) is 0. The fourth-order valence-corrected chi connectivity index (χ4v) is 3.44. The predicted octanol–water partition coefficient (Wildman–Crippen LogP) is 3.39. The first-order chi connectivity index (χ1) is 14.4. The third-order valence-corrected chi connectivity index (χ3v) is 5.30. The third kappa shape index (κ3) is 4.06. The fraction of sp³-hybridized carbons (Fsp3) is 0.350. The second kappa shape index (κ2) is 8.27. The lowest BCUT2D eigenvalue weighted by Gasteiger charge is -2.33. The first-order valence-corrected chi connectivity index (χ1v) is 9.80. The van der Waals surface area contributed by atoms with Gasteiger partial charge in [0.2, 0.25) is 5.89 Å². The Balaban J connectivity index is 1.32. The van der Waals surface area contributed by atoms with Crippen LogP contribution in [-0.2, 0) is 13.6 Å². The Labute approximate surface area is 178 Å². The Bertz CT molecular complexity index is 1050. The van der Waals surface area contributed by atoms with Crippen molar-refractivity contribution in [1.29, 1.82) is 0 Å². The minimum atomic E-state index is -0.253. The Morgan fingerprint density at radius 3 is 2.83 bits per heavy atom. The summed E-state index contributed by atoms with van der Waals surface area (Å²) in [6, 6.07) is 7.31. The summed E-state index contributed by atoms with van der Waals surface area (Å²) >= 11 is 5.89. The van der Waals surface area contributed by atoms with Gasteiger partial charge < -0.3 is 18.7 Å². The number of aryl methyl sites for hydroxylation is 1. The van der Waals surface area contributed by atoms with Crippen molar-refractivity contribution >= 4 is 30.0 Å². The maximum absolute atomic E-state index is 12.7. The lowest BCUT2D eigenvalue weighted by atomic mass is 9.82. The normalized spacial score (nSPS) is 18.0. The van der Waals surface area contributed by atoms with Gasteiger partial charge in [0.1, 0.15) is 18.4 Å². The SMILES string of the molecule is C=Nc1ncn(C)c1C(=O)N(C)Cc1nc([C@H]2C[C@H](Oc3ccc(Cl)cc3)C2)no1. The van der Waals surface area contributed by atoms with Crippen LogP contribution in [0.2, 0.25) is 5.02 Å². The molecule has 2 aromatic heterocycles. The van der Waals surface area contributed by atoms with Gasteiger partial charge in [-0.05, 0) is 43.8 Å². The van der Waals surface area contributed by atoms with E-state index in [0.29, 0.717) is 28.2 Å². The number of carbonyl (C=O) groups is 1. The van der Waals surface area contributed by atoms with Crippen LogP contribution in [0.1, 0.15) is 41.0 Å². The van der Waals surface area contributed by atoms with Gasteiger partial charge >= 0.3 is 0 Å². The number of halogens is 1. The Kier molecular flexibility index (Phi) is 5.54. The van der Waals surface area contributed by atoms with E-state index >= 15 is 0 Å². The van der Waals surface area contributed by atoms with Crippen LogP contribution in [0.5, 0.6) is 5.75 Å². The smallest absolute Gasteiger partial charge is 0.274 e. The Morgan fingerprint density at radius 2 is 2.13 bits per heavy atom. The molecule has 0 bridgehead atoms. The number of aliphatic imine (C=N–C) groups is 1. The summed E-state index contributed by atoms with van der Waals surface area (Å²) in [5, 5.41) is 4.75. The zero-order valence-corrected chi connectivity index (χ0v) is 17.4. The monoisotopic (exact) mass is 428 g/mol. The number of rotatable bonds is 7. The highest BCUT2D eigenvalue weighted by Crippen LogP contribution is 2.38. The summed E-state index contributed by atoms with van der Waals surface area (Å²) in [5.74, 6) is 2.02. The number of aromatic nitrogens is 4. The highest BCUT2D eigenvalue weighted by Gasteiger charge is 2.35. The van der Waals surface area contributed by atoms with Crippen LogP contribution < -0.4 is 4.74 Å². The molecule has 0 aliphatic heterocycles. The van der Waals surface area contributed by atoms with Gasteiger partial charge in [-0.3, -0.25) is 4.79 Å². The molecule has 1 saturated carbocycles. The van der Waals surface area contributed by atoms with Crippen molar-refractivity contribution in [3.63, 3.8) is 0 Å². The molecule has 0 atom stereocenters. The van der Waals surface area contributed by atoms with Gasteiger partial charge in [0.05, 0.1) is 6.33 Å². The molecule has 0 unspecified atom stereocenters. The number of ether oxygens (including phenoxy) is 1. The van der Waals surface area contributed by atoms with Crippen LogP contribution in [0, 0.1) is 0 Å². The first-order valence-electron chi connectivity index (χ1n) is 9.42. The zero-order valence-electron chi connectivity index (χ0n) is 16.7. The summed E-state index contributed by atoms with van der Waals surface area (Å²) in [4.78, 5) is 26.5. The summed E-state index contributed by atoms with van der Waals surface area (Å²) < 4.78 is 12.9. The summed E-state index contributed by atoms with van der Waals surface area (Å²) in [6.07, 6.45) is 3.24. The lowest BCUT2D eigenvalue weighted by Crippen LogP contribution is -2.33. The second-order valence-electron chi connectivity index (χ2n) is 7.26. The van der Waals surface area contributed by atoms with Crippen LogP contribution in [0.25, 0.3) is 0 Å². The largest absolute Gasteiger partial charge is 0.490 e. The van der Waals surface area contributed by atoms with Gasteiger partial charge in [-0.2, -0.15) is 4.98 Å². The van der Waals surface area contributed by atoms with Gasteiger partial charge in [0, 0.05) is 25.0 Å². The van der Waals surface area contributed by atoms with Crippen molar-refractivity contribution in [3.05, 3.63) is 53.0 Å². The average Bonchev–Trinajstić information content (AvgIpc) is 3.31. The van der Waals surface area contributed by atoms with Crippen molar-refractivity contribution in [2.45, 2.75) is 31.4 Å². The summed E-state index contributed by atoms with van der Waals surface area (Å²) in [7, 11) is 3.39. The highest BCUT2D eigenvalue weighted by atomic mass is 35.5. The molecule has 9 nitrogen and oxygen atoms in total. The second-order valence-corrected chi connectivity index (χ2v) is 7.69. The minimum Gasteiger partial charge on any atom is -0.490 e. The van der Waals surface area contributed by atoms with E-state index < -0.39 is 0 Å². The molecule has 30 heavy (non-hydrogen) atoms. The molecule has 4 rings (SSSR count). The molecule has 156 valence electrons. The van der Waals surface area contributed by atoms with Crippen LogP contribution in [0.15, 0.2) is 40.1 Å². The quantitative estimate of drug-likeness (QED) is 0.535. The van der Waals surface area contributed by atoms with Gasteiger partial charge in [-0.25, -0.2) is 9.98 Å². The predicted molar refractivity (Wildman–Crippen MR) is 110 cm³/mol. The molecule has 0 saturated heterocycles. The van der Waals surface area contributed by atoms with E-state index in [9.17, 15) is 4.79 Å². The highest BCUT2D eigenvalue weighted by molar-refractivity contribution is 6.30. The van der Waals surface area contributed by atoms with Crippen LogP contribution in [0.3, 0.4) is 0 Å². The lowest BCUT2D eigenvalue weighted by molar-refractivity contribution is 0.0760. The molecule has 1 fully saturated rings. The van der Waals surface area contributed by atoms with Crippen molar-refractivity contribution in [2.24, 2.45) is 12.0 Å². The van der Waals surface area contributed by atoms with Gasteiger partial charge in [0.15, 0.2) is 17.3 Å². The molecule has 0 N–H and O–H groups in total. The minimum absolute atomic E-state index is 0.108. The number of imidazole rings is 1. The molecule has 2 heterocycles. The zero-order chi connectivity index (χ0) is 21.3. The molecule has 1 aliphatic carbocycles. The number of hydrogen-bond acceptors (Lipinski definition) is 7. The molecule has 0 radical (unpaired) electrons. The van der Waals surface area contributed by atoms with Crippen molar-refractivity contribution < 1.29 is 14.1 Å². The topological polar surface area (TPSA) is 98.6 Å². The van der Waals surface area contributed by atoms with Crippen molar-refractivity contribution in [3.8, 4) is 5.75 Å². The van der Waals surface area contributed by atoms with E-state index in [0.717, 1.165) is 18.6 Å². The fourth-order valence-electron chi connectivity index (χ4n) is 3.31. The molecular formula is C20H21ClN6O3. The average molecular weight is 429 g/mol. The number of amides is 1. The maximum atomic E-state index is 12.7. The number of carbonyl (C=O) groups excluding carboxylic acids is 1. The van der Waals surface area contributed by atoms with E-state index in [2.05, 4.69) is 26.8 Å². The summed E-state index contributed by atoms with van der Waals surface area (Å²) in [5.41, 5.74) is 0.355. The van der Waals surface area contributed by atoms with Gasteiger partial charge in [-0.15, -0.1) is 0 Å². The van der Waals surface area contributed by atoms with Crippen molar-refractivity contribution in [1.82, 2.24) is 24.6 Å². The molecule has 3 aromatic rings. The molecule has 1 aromatic carbocycles. The number of nitrogens with zero attached hydrogens (tertiary/aromatic N) is 6. The van der Waals surface area contributed by atoms with E-state index in [4.69, 9.17) is 20.9 Å². The third-order valence-electron chi connectivity index (χ3n) is 5.05. The Hall–Kier alpha value is -3.20. The Morgan fingerprint density at radius 1 is 1.40 bits per heavy atom. The molecule has 0 spiro atoms. The van der Waals surface area contributed by atoms with E-state index in [1.54, 1.807) is 30.8 Å². The number of benzene rings is 1. The van der Waals surface area contributed by atoms with E-state index in [1.165, 1.54) is 11.2 Å². The summed E-state index contributed by atoms with van der Waals surface area (Å²) in [6.45, 7) is 3.64. The van der Waals surface area contributed by atoms with Gasteiger partial charge in [0.25, 0.3) is 5.91 Å². The van der Waals surface area contributed by atoms with Crippen LogP contribution in [-0.4, -0.2) is 50.4 Å². The van der Waals surface area contributed by atoms with Gasteiger partial charge in [-0.1, -0.05) is 16.8 Å². The van der Waals surface area contributed by atoms with E-state index in [1.807, 2.05) is 12.1 Å².